The standard InChI is InChI=1S/C29H45N5O4/c1-3-5-6-7-8-9-10-11-12-13-14-15-16-17-21-30-27-26(34(36)37)28(32-23-31-27)33-25-20-18-19-24(22-25)29(35)38-4-2/h18-20,22-23H,3-17,21H2,1-2H3,(H2,30,31,32,33). The minimum atomic E-state index is -0.495. The van der Waals surface area contributed by atoms with Crippen molar-refractivity contribution in [3.05, 3.63) is 46.3 Å². The highest BCUT2D eigenvalue weighted by Gasteiger charge is 2.23. The van der Waals surface area contributed by atoms with Crippen molar-refractivity contribution in [1.82, 2.24) is 9.97 Å². The molecule has 0 atom stereocenters. The van der Waals surface area contributed by atoms with Crippen LogP contribution in [0.15, 0.2) is 30.6 Å². The predicted molar refractivity (Wildman–Crippen MR) is 153 cm³/mol. The number of hydrogen-bond donors (Lipinski definition) is 2. The Balaban J connectivity index is 1.71. The van der Waals surface area contributed by atoms with Gasteiger partial charge in [0.1, 0.15) is 6.33 Å². The summed E-state index contributed by atoms with van der Waals surface area (Å²) >= 11 is 0. The summed E-state index contributed by atoms with van der Waals surface area (Å²) in [7, 11) is 0. The fourth-order valence-electron chi connectivity index (χ4n) is 4.37. The number of rotatable bonds is 21. The van der Waals surface area contributed by atoms with Gasteiger partial charge in [0.05, 0.1) is 17.1 Å². The van der Waals surface area contributed by atoms with E-state index in [4.69, 9.17) is 4.74 Å². The summed E-state index contributed by atoms with van der Waals surface area (Å²) in [6, 6.07) is 6.58. The second-order valence-electron chi connectivity index (χ2n) is 9.63. The molecule has 1 heterocycles. The molecule has 210 valence electrons. The lowest BCUT2D eigenvalue weighted by Crippen LogP contribution is -2.09. The summed E-state index contributed by atoms with van der Waals surface area (Å²) in [5, 5.41) is 17.9. The Morgan fingerprint density at radius 1 is 0.868 bits per heavy atom. The van der Waals surface area contributed by atoms with Gasteiger partial charge in [-0.3, -0.25) is 10.1 Å². The van der Waals surface area contributed by atoms with Gasteiger partial charge in [-0.05, 0) is 31.5 Å². The number of unbranched alkanes of at least 4 members (excludes halogenated alkanes) is 13. The Kier molecular flexibility index (Phi) is 15.4. The van der Waals surface area contributed by atoms with E-state index in [2.05, 4.69) is 27.5 Å². The third-order valence-corrected chi connectivity index (χ3v) is 6.46. The zero-order valence-electron chi connectivity index (χ0n) is 23.2. The SMILES string of the molecule is CCCCCCCCCCCCCCCCNc1ncnc(Nc2cccc(C(=O)OCC)c2)c1[N+](=O)[O-]. The third kappa shape index (κ3) is 11.9. The van der Waals surface area contributed by atoms with Crippen LogP contribution in [0.5, 0.6) is 0 Å². The summed E-state index contributed by atoms with van der Waals surface area (Å²) < 4.78 is 5.02. The van der Waals surface area contributed by atoms with Gasteiger partial charge in [-0.2, -0.15) is 0 Å². The van der Waals surface area contributed by atoms with E-state index in [1.807, 2.05) is 0 Å². The molecule has 38 heavy (non-hydrogen) atoms. The molecule has 1 aromatic carbocycles. The highest BCUT2D eigenvalue weighted by molar-refractivity contribution is 5.91. The number of benzene rings is 1. The molecular weight excluding hydrogens is 482 g/mol. The van der Waals surface area contributed by atoms with Crippen LogP contribution in [0, 0.1) is 10.1 Å². The number of carbonyl (C=O) groups excluding carboxylic acids is 1. The monoisotopic (exact) mass is 527 g/mol. The Morgan fingerprint density at radius 2 is 1.45 bits per heavy atom. The smallest absolute Gasteiger partial charge is 0.353 e. The molecule has 2 N–H and O–H groups in total. The molecule has 0 fully saturated rings. The largest absolute Gasteiger partial charge is 0.462 e. The van der Waals surface area contributed by atoms with E-state index in [1.54, 1.807) is 31.2 Å². The van der Waals surface area contributed by atoms with Crippen LogP contribution in [0.3, 0.4) is 0 Å². The number of carbonyl (C=O) groups is 1. The topological polar surface area (TPSA) is 119 Å². The summed E-state index contributed by atoms with van der Waals surface area (Å²) in [6.07, 6.45) is 19.2. The lowest BCUT2D eigenvalue weighted by molar-refractivity contribution is -0.383. The number of hydrogen-bond acceptors (Lipinski definition) is 8. The maximum atomic E-state index is 12.0. The highest BCUT2D eigenvalue weighted by atomic mass is 16.6. The van der Waals surface area contributed by atoms with Crippen molar-refractivity contribution in [3.8, 4) is 0 Å². The molecule has 0 saturated carbocycles. The van der Waals surface area contributed by atoms with Crippen LogP contribution < -0.4 is 10.6 Å². The lowest BCUT2D eigenvalue weighted by Gasteiger charge is -2.11. The van der Waals surface area contributed by atoms with Crippen molar-refractivity contribution in [3.63, 3.8) is 0 Å². The molecule has 0 spiro atoms. The quantitative estimate of drug-likeness (QED) is 0.0721. The van der Waals surface area contributed by atoms with Crippen molar-refractivity contribution >= 4 is 29.0 Å². The Morgan fingerprint density at radius 3 is 2.03 bits per heavy atom. The second-order valence-corrected chi connectivity index (χ2v) is 9.63. The molecule has 2 rings (SSSR count). The van der Waals surface area contributed by atoms with Crippen molar-refractivity contribution in [2.75, 3.05) is 23.8 Å². The average molecular weight is 528 g/mol. The molecule has 0 aliphatic heterocycles. The first-order chi connectivity index (χ1) is 18.6. The third-order valence-electron chi connectivity index (χ3n) is 6.46. The maximum absolute atomic E-state index is 12.0. The zero-order valence-corrected chi connectivity index (χ0v) is 23.2. The fourth-order valence-corrected chi connectivity index (χ4v) is 4.37. The number of aromatic nitrogens is 2. The van der Waals surface area contributed by atoms with Gasteiger partial charge < -0.3 is 15.4 Å². The van der Waals surface area contributed by atoms with Crippen LogP contribution in [0.4, 0.5) is 23.0 Å². The van der Waals surface area contributed by atoms with E-state index < -0.39 is 10.9 Å². The molecule has 0 bridgehead atoms. The van der Waals surface area contributed by atoms with E-state index in [0.29, 0.717) is 17.8 Å². The maximum Gasteiger partial charge on any atom is 0.353 e. The minimum Gasteiger partial charge on any atom is -0.462 e. The molecule has 0 aliphatic carbocycles. The van der Waals surface area contributed by atoms with Crippen molar-refractivity contribution in [2.45, 2.75) is 104 Å². The summed E-state index contributed by atoms with van der Waals surface area (Å²) in [5.74, 6) is -0.206. The number of nitrogens with one attached hydrogen (secondary N) is 2. The molecule has 0 saturated heterocycles. The van der Waals surface area contributed by atoms with Crippen LogP contribution >= 0.6 is 0 Å². The Hall–Kier alpha value is -3.23. The van der Waals surface area contributed by atoms with Gasteiger partial charge in [-0.1, -0.05) is 96.5 Å². The molecule has 0 amide bonds. The van der Waals surface area contributed by atoms with Gasteiger partial charge in [0.15, 0.2) is 0 Å². The molecule has 0 aliphatic rings. The predicted octanol–water partition coefficient (Wildman–Crippen LogP) is 8.20. The van der Waals surface area contributed by atoms with Crippen LogP contribution in [-0.2, 0) is 4.74 Å². The van der Waals surface area contributed by atoms with Gasteiger partial charge in [-0.15, -0.1) is 0 Å². The van der Waals surface area contributed by atoms with E-state index >= 15 is 0 Å². The van der Waals surface area contributed by atoms with Gasteiger partial charge in [0.2, 0.25) is 11.6 Å². The summed E-state index contributed by atoms with van der Waals surface area (Å²) in [4.78, 5) is 31.5. The van der Waals surface area contributed by atoms with Gasteiger partial charge in [0.25, 0.3) is 0 Å². The van der Waals surface area contributed by atoms with E-state index in [9.17, 15) is 14.9 Å². The van der Waals surface area contributed by atoms with Gasteiger partial charge in [0, 0.05) is 12.2 Å². The second kappa shape index (κ2) is 18.9. The molecule has 1 aromatic heterocycles. The summed E-state index contributed by atoms with van der Waals surface area (Å²) in [5.41, 5.74) is 0.624. The first-order valence-corrected chi connectivity index (χ1v) is 14.3. The van der Waals surface area contributed by atoms with Crippen LogP contribution in [0.1, 0.15) is 114 Å². The van der Waals surface area contributed by atoms with Gasteiger partial charge >= 0.3 is 11.7 Å². The normalized spacial score (nSPS) is 10.8. The van der Waals surface area contributed by atoms with Crippen molar-refractivity contribution in [1.29, 1.82) is 0 Å². The van der Waals surface area contributed by atoms with E-state index in [-0.39, 0.29) is 23.9 Å². The van der Waals surface area contributed by atoms with E-state index in [0.717, 1.165) is 12.8 Å². The number of ether oxygens (including phenoxy) is 1. The van der Waals surface area contributed by atoms with Gasteiger partial charge in [-0.25, -0.2) is 14.8 Å². The minimum absolute atomic E-state index is 0.0643. The molecule has 9 heteroatoms. The molecule has 0 radical (unpaired) electrons. The molecule has 0 unspecified atom stereocenters. The Labute approximate surface area is 227 Å². The van der Waals surface area contributed by atoms with Crippen LogP contribution in [-0.4, -0.2) is 34.0 Å². The first-order valence-electron chi connectivity index (χ1n) is 14.3. The van der Waals surface area contributed by atoms with Crippen molar-refractivity contribution < 1.29 is 14.5 Å². The number of esters is 1. The van der Waals surface area contributed by atoms with Crippen LogP contribution in [0.25, 0.3) is 0 Å². The number of anilines is 3. The van der Waals surface area contributed by atoms with E-state index in [1.165, 1.54) is 83.4 Å². The molecular formula is C29H45N5O4. The lowest BCUT2D eigenvalue weighted by atomic mass is 10.0. The molecule has 9 nitrogen and oxygen atoms in total. The zero-order chi connectivity index (χ0) is 27.4. The highest BCUT2D eigenvalue weighted by Crippen LogP contribution is 2.31. The van der Waals surface area contributed by atoms with Crippen LogP contribution in [0.2, 0.25) is 0 Å². The number of nitro groups is 1. The average Bonchev–Trinajstić information content (AvgIpc) is 2.91. The fraction of sp³-hybridized carbons (Fsp3) is 0.621. The summed E-state index contributed by atoms with van der Waals surface area (Å²) in [6.45, 7) is 4.86. The molecule has 2 aromatic rings. The Bertz CT molecular complexity index is 970. The van der Waals surface area contributed by atoms with Crippen molar-refractivity contribution in [2.24, 2.45) is 0 Å². The number of nitrogens with zero attached hydrogens (tertiary/aromatic N) is 3. The first kappa shape index (κ1) is 31.0.